The fraction of sp³-hybridized carbons (Fsp3) is 0.167. The number of carbonyl (C=O) groups is 1. The number of benzene rings is 2. The minimum Gasteiger partial charge on any atom is -0.334 e. The van der Waals surface area contributed by atoms with E-state index in [9.17, 15) is 4.79 Å². The summed E-state index contributed by atoms with van der Waals surface area (Å²) >= 11 is 3.43. The molecule has 0 aliphatic rings. The van der Waals surface area contributed by atoms with Crippen molar-refractivity contribution in [2.45, 2.75) is 13.0 Å². The molecule has 122 valence electrons. The predicted molar refractivity (Wildman–Crippen MR) is 96.0 cm³/mol. The summed E-state index contributed by atoms with van der Waals surface area (Å²) in [6.45, 7) is 1.99. The Kier molecular flexibility index (Phi) is 4.76. The number of carbonyl (C=O) groups excluding carboxylic acids is 1. The van der Waals surface area contributed by atoms with Crippen molar-refractivity contribution >= 4 is 21.8 Å². The summed E-state index contributed by atoms with van der Waals surface area (Å²) < 4.78 is 2.54. The van der Waals surface area contributed by atoms with Gasteiger partial charge in [-0.05, 0) is 30.7 Å². The van der Waals surface area contributed by atoms with Gasteiger partial charge in [-0.2, -0.15) is 0 Å². The van der Waals surface area contributed by atoms with Gasteiger partial charge in [-0.3, -0.25) is 4.79 Å². The summed E-state index contributed by atoms with van der Waals surface area (Å²) in [6.07, 6.45) is 1.65. The predicted octanol–water partition coefficient (Wildman–Crippen LogP) is 3.86. The first-order valence-electron chi connectivity index (χ1n) is 7.56. The molecule has 24 heavy (non-hydrogen) atoms. The number of rotatable bonds is 4. The Morgan fingerprint density at radius 3 is 2.62 bits per heavy atom. The SMILES string of the molecule is C[C@H](c1ccccc1)N(C)C(=O)c1cn(-c2cccc(Br)c2)nn1. The first-order valence-corrected chi connectivity index (χ1v) is 8.36. The molecule has 0 radical (unpaired) electrons. The highest BCUT2D eigenvalue weighted by atomic mass is 79.9. The third-order valence-electron chi connectivity index (χ3n) is 3.97. The Labute approximate surface area is 149 Å². The van der Waals surface area contributed by atoms with E-state index in [4.69, 9.17) is 0 Å². The van der Waals surface area contributed by atoms with Crippen molar-refractivity contribution in [3.05, 3.63) is 76.5 Å². The molecule has 0 aliphatic heterocycles. The molecular formula is C18H17BrN4O. The molecule has 0 fully saturated rings. The maximum Gasteiger partial charge on any atom is 0.276 e. The molecule has 5 nitrogen and oxygen atoms in total. The molecule has 2 aromatic carbocycles. The molecule has 3 rings (SSSR count). The molecule has 3 aromatic rings. The normalized spacial score (nSPS) is 12.0. The van der Waals surface area contributed by atoms with Crippen LogP contribution in [-0.4, -0.2) is 32.8 Å². The van der Waals surface area contributed by atoms with Gasteiger partial charge in [0.25, 0.3) is 5.91 Å². The highest BCUT2D eigenvalue weighted by Crippen LogP contribution is 2.20. The third-order valence-corrected chi connectivity index (χ3v) is 4.46. The van der Waals surface area contributed by atoms with Gasteiger partial charge in [-0.15, -0.1) is 5.10 Å². The van der Waals surface area contributed by atoms with Crippen molar-refractivity contribution in [2.75, 3.05) is 7.05 Å². The number of halogens is 1. The fourth-order valence-corrected chi connectivity index (χ4v) is 2.81. The van der Waals surface area contributed by atoms with E-state index < -0.39 is 0 Å². The zero-order valence-electron chi connectivity index (χ0n) is 13.4. The van der Waals surface area contributed by atoms with Crippen molar-refractivity contribution in [1.82, 2.24) is 19.9 Å². The van der Waals surface area contributed by atoms with Crippen LogP contribution in [0.25, 0.3) is 5.69 Å². The van der Waals surface area contributed by atoms with Gasteiger partial charge >= 0.3 is 0 Å². The van der Waals surface area contributed by atoms with Crippen LogP contribution in [0, 0.1) is 0 Å². The van der Waals surface area contributed by atoms with Crippen molar-refractivity contribution in [3.63, 3.8) is 0 Å². The van der Waals surface area contributed by atoms with E-state index in [0.717, 1.165) is 15.7 Å². The molecule has 0 saturated heterocycles. The Morgan fingerprint density at radius 2 is 1.92 bits per heavy atom. The summed E-state index contributed by atoms with van der Waals surface area (Å²) in [4.78, 5) is 14.3. The Bertz CT molecular complexity index is 847. The first kappa shape index (κ1) is 16.4. The second-order valence-corrected chi connectivity index (χ2v) is 6.45. The monoisotopic (exact) mass is 384 g/mol. The number of nitrogens with zero attached hydrogens (tertiary/aromatic N) is 4. The zero-order valence-corrected chi connectivity index (χ0v) is 15.0. The van der Waals surface area contributed by atoms with E-state index in [-0.39, 0.29) is 11.9 Å². The topological polar surface area (TPSA) is 51.0 Å². The summed E-state index contributed by atoms with van der Waals surface area (Å²) in [5.41, 5.74) is 2.24. The lowest BCUT2D eigenvalue weighted by Gasteiger charge is -2.24. The Hall–Kier alpha value is -2.47. The van der Waals surface area contributed by atoms with E-state index in [1.54, 1.807) is 22.8 Å². The van der Waals surface area contributed by atoms with Crippen molar-refractivity contribution in [1.29, 1.82) is 0 Å². The number of amides is 1. The highest BCUT2D eigenvalue weighted by molar-refractivity contribution is 9.10. The number of hydrogen-bond acceptors (Lipinski definition) is 3. The van der Waals surface area contributed by atoms with Gasteiger partial charge < -0.3 is 4.90 Å². The average Bonchev–Trinajstić information content (AvgIpc) is 3.10. The van der Waals surface area contributed by atoms with Gasteiger partial charge in [0.05, 0.1) is 17.9 Å². The van der Waals surface area contributed by atoms with Gasteiger partial charge in [0, 0.05) is 11.5 Å². The van der Waals surface area contributed by atoms with Crippen LogP contribution in [0.2, 0.25) is 0 Å². The first-order chi connectivity index (χ1) is 11.6. The van der Waals surface area contributed by atoms with Gasteiger partial charge in [0.1, 0.15) is 0 Å². The minimum atomic E-state index is -0.160. The maximum absolute atomic E-state index is 12.7. The van der Waals surface area contributed by atoms with E-state index in [1.165, 1.54) is 0 Å². The summed E-state index contributed by atoms with van der Waals surface area (Å²) in [6, 6.07) is 17.5. The van der Waals surface area contributed by atoms with Crippen molar-refractivity contribution < 1.29 is 4.79 Å². The smallest absolute Gasteiger partial charge is 0.276 e. The van der Waals surface area contributed by atoms with Crippen LogP contribution in [0.4, 0.5) is 0 Å². The standard InChI is InChI=1S/C18H17BrN4O/c1-13(14-7-4-3-5-8-14)22(2)18(24)17-12-23(21-20-17)16-10-6-9-15(19)11-16/h3-13H,1-2H3/t13-/m1/s1. The van der Waals surface area contributed by atoms with Gasteiger partial charge in [-0.25, -0.2) is 4.68 Å². The van der Waals surface area contributed by atoms with E-state index in [1.807, 2.05) is 61.5 Å². The van der Waals surface area contributed by atoms with Crippen LogP contribution in [0.15, 0.2) is 65.3 Å². The van der Waals surface area contributed by atoms with Crippen LogP contribution < -0.4 is 0 Å². The van der Waals surface area contributed by atoms with Crippen molar-refractivity contribution in [2.24, 2.45) is 0 Å². The van der Waals surface area contributed by atoms with Gasteiger partial charge in [-0.1, -0.05) is 57.5 Å². The van der Waals surface area contributed by atoms with Crippen LogP contribution in [0.5, 0.6) is 0 Å². The number of hydrogen-bond donors (Lipinski definition) is 0. The lowest BCUT2D eigenvalue weighted by Crippen LogP contribution is -2.29. The van der Waals surface area contributed by atoms with Crippen LogP contribution in [0.3, 0.4) is 0 Å². The number of aromatic nitrogens is 3. The molecule has 0 bridgehead atoms. The van der Waals surface area contributed by atoms with E-state index in [2.05, 4.69) is 26.2 Å². The molecule has 1 aromatic heterocycles. The van der Waals surface area contributed by atoms with Crippen LogP contribution >= 0.6 is 15.9 Å². The summed E-state index contributed by atoms with van der Waals surface area (Å²) in [7, 11) is 1.78. The van der Waals surface area contributed by atoms with Crippen LogP contribution in [0.1, 0.15) is 29.0 Å². The Morgan fingerprint density at radius 1 is 1.17 bits per heavy atom. The fourth-order valence-electron chi connectivity index (χ4n) is 2.42. The van der Waals surface area contributed by atoms with E-state index >= 15 is 0 Å². The zero-order chi connectivity index (χ0) is 17.1. The highest BCUT2D eigenvalue weighted by Gasteiger charge is 2.21. The minimum absolute atomic E-state index is 0.0466. The molecule has 0 N–H and O–H groups in total. The van der Waals surface area contributed by atoms with Gasteiger partial charge in [0.15, 0.2) is 5.69 Å². The third kappa shape index (κ3) is 3.38. The van der Waals surface area contributed by atoms with E-state index in [0.29, 0.717) is 5.69 Å². The lowest BCUT2D eigenvalue weighted by atomic mass is 10.1. The molecule has 1 atom stereocenters. The van der Waals surface area contributed by atoms with Gasteiger partial charge in [0.2, 0.25) is 0 Å². The average molecular weight is 385 g/mol. The molecular weight excluding hydrogens is 368 g/mol. The second kappa shape index (κ2) is 6.97. The summed E-state index contributed by atoms with van der Waals surface area (Å²) in [5, 5.41) is 8.09. The molecule has 0 aliphatic carbocycles. The lowest BCUT2D eigenvalue weighted by molar-refractivity contribution is 0.0736. The molecule has 6 heteroatoms. The molecule has 0 saturated carbocycles. The Balaban J connectivity index is 1.81. The summed E-state index contributed by atoms with van der Waals surface area (Å²) in [5.74, 6) is -0.160. The largest absolute Gasteiger partial charge is 0.334 e. The van der Waals surface area contributed by atoms with Crippen molar-refractivity contribution in [3.8, 4) is 5.69 Å². The quantitative estimate of drug-likeness (QED) is 0.685. The van der Waals surface area contributed by atoms with Crippen LogP contribution in [-0.2, 0) is 0 Å². The maximum atomic E-state index is 12.7. The molecule has 1 amide bonds. The second-order valence-electron chi connectivity index (χ2n) is 5.53. The molecule has 0 spiro atoms. The molecule has 0 unspecified atom stereocenters. The molecule has 1 heterocycles.